The molecule has 0 aromatic heterocycles. The minimum Gasteiger partial charge on any atom is -0.493 e. The molecule has 0 radical (unpaired) electrons. The number of ether oxygens (including phenoxy) is 2. The zero-order chi connectivity index (χ0) is 40.8. The first-order valence-electron chi connectivity index (χ1n) is 26.7. The number of hydrogen-bond acceptors (Lipinski definition) is 2. The van der Waals surface area contributed by atoms with Gasteiger partial charge in [-0.1, -0.05) is 290 Å². The second-order valence-corrected chi connectivity index (χ2v) is 18.3. The van der Waals surface area contributed by atoms with Crippen molar-refractivity contribution in [1.29, 1.82) is 0 Å². The van der Waals surface area contributed by atoms with Crippen LogP contribution in [0.1, 0.15) is 302 Å². The SMILES string of the molecule is CCCCCCCCCCCCCCCCCCCCCCCOc1cccc(OCCCCCCCCCCCCCCCCCCCCCCC)c1CCC. The maximum atomic E-state index is 6.34. The summed E-state index contributed by atoms with van der Waals surface area (Å²) in [6.07, 6.45) is 61.9. The monoisotopic (exact) mass is 797 g/mol. The minimum atomic E-state index is 0.832. The Morgan fingerprint density at radius 1 is 0.263 bits per heavy atom. The fourth-order valence-electron chi connectivity index (χ4n) is 8.74. The van der Waals surface area contributed by atoms with Crippen LogP contribution in [-0.2, 0) is 6.42 Å². The molecule has 1 aromatic rings. The van der Waals surface area contributed by atoms with Gasteiger partial charge >= 0.3 is 0 Å². The van der Waals surface area contributed by atoms with Crippen LogP contribution >= 0.6 is 0 Å². The predicted octanol–water partition coefficient (Wildman–Crippen LogP) is 19.8. The average molecular weight is 797 g/mol. The molecule has 0 aliphatic rings. The van der Waals surface area contributed by atoms with E-state index in [0.29, 0.717) is 0 Å². The molecule has 0 saturated heterocycles. The van der Waals surface area contributed by atoms with Crippen molar-refractivity contribution < 1.29 is 9.47 Å². The van der Waals surface area contributed by atoms with Gasteiger partial charge in [0, 0.05) is 5.56 Å². The highest BCUT2D eigenvalue weighted by molar-refractivity contribution is 5.45. The predicted molar refractivity (Wildman–Crippen MR) is 257 cm³/mol. The molecule has 0 amide bonds. The van der Waals surface area contributed by atoms with Gasteiger partial charge in [-0.25, -0.2) is 0 Å². The van der Waals surface area contributed by atoms with E-state index in [1.165, 1.54) is 262 Å². The summed E-state index contributed by atoms with van der Waals surface area (Å²) in [6, 6.07) is 6.45. The van der Waals surface area contributed by atoms with Gasteiger partial charge in [0.2, 0.25) is 0 Å². The zero-order valence-corrected chi connectivity index (χ0v) is 39.6. The Kier molecular flexibility index (Phi) is 43.4. The third-order valence-corrected chi connectivity index (χ3v) is 12.6. The lowest BCUT2D eigenvalue weighted by molar-refractivity contribution is 0.284. The summed E-state index contributed by atoms with van der Waals surface area (Å²) >= 11 is 0. The third kappa shape index (κ3) is 37.6. The molecule has 0 unspecified atom stereocenters. The van der Waals surface area contributed by atoms with Crippen molar-refractivity contribution >= 4 is 0 Å². The summed E-state index contributed by atoms with van der Waals surface area (Å²) in [5.74, 6) is 2.11. The topological polar surface area (TPSA) is 18.5 Å². The lowest BCUT2D eigenvalue weighted by Gasteiger charge is -2.16. The smallest absolute Gasteiger partial charge is 0.126 e. The van der Waals surface area contributed by atoms with E-state index in [0.717, 1.165) is 50.4 Å². The van der Waals surface area contributed by atoms with E-state index in [1.807, 2.05) is 0 Å². The van der Waals surface area contributed by atoms with Crippen molar-refractivity contribution in [3.8, 4) is 11.5 Å². The fourth-order valence-corrected chi connectivity index (χ4v) is 8.74. The molecular weight excluding hydrogens is 693 g/mol. The second-order valence-electron chi connectivity index (χ2n) is 18.3. The van der Waals surface area contributed by atoms with E-state index < -0.39 is 0 Å². The molecule has 2 nitrogen and oxygen atoms in total. The fraction of sp³-hybridized carbons (Fsp3) is 0.891. The highest BCUT2D eigenvalue weighted by Crippen LogP contribution is 2.30. The molecule has 1 aromatic carbocycles. The Bertz CT molecular complexity index is 828. The number of benzene rings is 1. The lowest BCUT2D eigenvalue weighted by atomic mass is 10.0. The third-order valence-electron chi connectivity index (χ3n) is 12.6. The van der Waals surface area contributed by atoms with Crippen LogP contribution in [0.4, 0.5) is 0 Å². The van der Waals surface area contributed by atoms with Crippen molar-refractivity contribution in [3.63, 3.8) is 0 Å². The van der Waals surface area contributed by atoms with Crippen LogP contribution in [0, 0.1) is 0 Å². The number of unbranched alkanes of at least 4 members (excludes halogenated alkanes) is 40. The number of rotatable bonds is 48. The van der Waals surface area contributed by atoms with Crippen LogP contribution in [0.5, 0.6) is 11.5 Å². The molecule has 0 bridgehead atoms. The molecule has 0 fully saturated rings. The van der Waals surface area contributed by atoms with Gasteiger partial charge in [-0.15, -0.1) is 0 Å². The van der Waals surface area contributed by atoms with Gasteiger partial charge in [0.1, 0.15) is 11.5 Å². The van der Waals surface area contributed by atoms with Crippen LogP contribution in [0.25, 0.3) is 0 Å². The maximum absolute atomic E-state index is 6.34. The molecule has 0 heterocycles. The van der Waals surface area contributed by atoms with Crippen LogP contribution in [-0.4, -0.2) is 13.2 Å². The quantitative estimate of drug-likeness (QED) is 0.0612. The van der Waals surface area contributed by atoms with Gasteiger partial charge < -0.3 is 9.47 Å². The Balaban J connectivity index is 1.93. The van der Waals surface area contributed by atoms with Gasteiger partial charge in [-0.3, -0.25) is 0 Å². The first kappa shape index (κ1) is 53.8. The molecular formula is C55H104O2. The van der Waals surface area contributed by atoms with E-state index in [1.54, 1.807) is 0 Å². The van der Waals surface area contributed by atoms with Gasteiger partial charge in [0.25, 0.3) is 0 Å². The minimum absolute atomic E-state index is 0.832. The van der Waals surface area contributed by atoms with E-state index in [2.05, 4.69) is 39.0 Å². The van der Waals surface area contributed by atoms with Crippen LogP contribution in [0.2, 0.25) is 0 Å². The summed E-state index contributed by atoms with van der Waals surface area (Å²) < 4.78 is 12.7. The van der Waals surface area contributed by atoms with Crippen molar-refractivity contribution in [2.24, 2.45) is 0 Å². The van der Waals surface area contributed by atoms with Crippen LogP contribution < -0.4 is 9.47 Å². The molecule has 57 heavy (non-hydrogen) atoms. The van der Waals surface area contributed by atoms with Gasteiger partial charge in [0.15, 0.2) is 0 Å². The highest BCUT2D eigenvalue weighted by Gasteiger charge is 2.10. The molecule has 0 aliphatic carbocycles. The molecule has 1 rings (SSSR count). The summed E-state index contributed by atoms with van der Waals surface area (Å²) in [5.41, 5.74) is 1.28. The standard InChI is InChI=1S/C55H104O2/c1-4-7-9-11-13-15-17-19-21-23-25-27-29-31-33-35-37-39-41-43-45-51-56-54-49-47-50-55(53(54)48-6-3)57-52-46-44-42-40-38-36-34-32-30-28-26-24-22-20-18-16-14-12-10-8-5-2/h47,49-50H,4-46,48,51-52H2,1-3H3. The first-order valence-corrected chi connectivity index (χ1v) is 26.7. The Morgan fingerprint density at radius 3 is 0.684 bits per heavy atom. The summed E-state index contributed by atoms with van der Waals surface area (Å²) in [6.45, 7) is 8.54. The summed E-state index contributed by atoms with van der Waals surface area (Å²) in [7, 11) is 0. The Morgan fingerprint density at radius 2 is 0.474 bits per heavy atom. The van der Waals surface area contributed by atoms with Crippen molar-refractivity contribution in [2.45, 2.75) is 303 Å². The lowest BCUT2D eigenvalue weighted by Crippen LogP contribution is -2.04. The Hall–Kier alpha value is -1.18. The molecule has 336 valence electrons. The zero-order valence-electron chi connectivity index (χ0n) is 39.6. The van der Waals surface area contributed by atoms with Gasteiger partial charge in [0.05, 0.1) is 13.2 Å². The van der Waals surface area contributed by atoms with Crippen molar-refractivity contribution in [1.82, 2.24) is 0 Å². The van der Waals surface area contributed by atoms with E-state index in [4.69, 9.17) is 9.47 Å². The van der Waals surface area contributed by atoms with Gasteiger partial charge in [-0.2, -0.15) is 0 Å². The largest absolute Gasteiger partial charge is 0.493 e. The maximum Gasteiger partial charge on any atom is 0.126 e. The van der Waals surface area contributed by atoms with Crippen LogP contribution in [0.15, 0.2) is 18.2 Å². The van der Waals surface area contributed by atoms with Crippen LogP contribution in [0.3, 0.4) is 0 Å². The Labute approximate surface area is 360 Å². The molecule has 0 N–H and O–H groups in total. The average Bonchev–Trinajstić information content (AvgIpc) is 3.22. The number of hydrogen-bond donors (Lipinski definition) is 0. The van der Waals surface area contributed by atoms with E-state index in [-0.39, 0.29) is 0 Å². The van der Waals surface area contributed by atoms with E-state index >= 15 is 0 Å². The second kappa shape index (κ2) is 45.9. The van der Waals surface area contributed by atoms with E-state index in [9.17, 15) is 0 Å². The van der Waals surface area contributed by atoms with Gasteiger partial charge in [-0.05, 0) is 31.4 Å². The highest BCUT2D eigenvalue weighted by atomic mass is 16.5. The van der Waals surface area contributed by atoms with Crippen molar-refractivity contribution in [3.05, 3.63) is 23.8 Å². The molecule has 2 heteroatoms. The summed E-state index contributed by atoms with van der Waals surface area (Å²) in [5, 5.41) is 0. The van der Waals surface area contributed by atoms with Crippen molar-refractivity contribution in [2.75, 3.05) is 13.2 Å². The first-order chi connectivity index (χ1) is 28.3. The molecule has 0 spiro atoms. The molecule has 0 aliphatic heterocycles. The molecule has 0 atom stereocenters. The summed E-state index contributed by atoms with van der Waals surface area (Å²) in [4.78, 5) is 0. The normalized spacial score (nSPS) is 11.5. The molecule has 0 saturated carbocycles.